The lowest BCUT2D eigenvalue weighted by Crippen LogP contribution is -2.46. The van der Waals surface area contributed by atoms with Crippen molar-refractivity contribution in [2.24, 2.45) is 5.92 Å². The quantitative estimate of drug-likeness (QED) is 0.435. The summed E-state index contributed by atoms with van der Waals surface area (Å²) in [6, 6.07) is 0. The lowest BCUT2D eigenvalue weighted by atomic mass is 9.98. The first-order valence-electron chi connectivity index (χ1n) is 4.07. The third-order valence-electron chi connectivity index (χ3n) is 2.54. The summed E-state index contributed by atoms with van der Waals surface area (Å²) in [5.74, 6) is 1.98. The van der Waals surface area contributed by atoms with Crippen LogP contribution in [-0.2, 0) is 0 Å². The highest BCUT2D eigenvalue weighted by molar-refractivity contribution is 7.80. The molecular weight excluding hydrogens is 142 g/mol. The largest absolute Gasteiger partial charge is 0.328 e. The molecule has 1 fully saturated rings. The second-order valence-corrected chi connectivity index (χ2v) is 4.37. The summed E-state index contributed by atoms with van der Waals surface area (Å²) in [6.45, 7) is 2.68. The molecule has 0 radical (unpaired) electrons. The van der Waals surface area contributed by atoms with Gasteiger partial charge in [-0.25, -0.2) is 0 Å². The summed E-state index contributed by atoms with van der Waals surface area (Å²) < 4.78 is 1.21. The highest BCUT2D eigenvalue weighted by atomic mass is 32.1. The Morgan fingerprint density at radius 2 is 1.80 bits per heavy atom. The summed E-state index contributed by atoms with van der Waals surface area (Å²) in [5.41, 5.74) is 0. The van der Waals surface area contributed by atoms with E-state index in [2.05, 4.69) is 26.7 Å². The first-order valence-corrected chi connectivity index (χ1v) is 4.70. The lowest BCUT2D eigenvalue weighted by molar-refractivity contribution is -0.896. The van der Waals surface area contributed by atoms with Gasteiger partial charge in [0.1, 0.15) is 0 Å². The first kappa shape index (κ1) is 8.41. The van der Waals surface area contributed by atoms with Crippen molar-refractivity contribution < 1.29 is 4.48 Å². The zero-order valence-corrected chi connectivity index (χ0v) is 7.90. The number of hydrogen-bond donors (Lipinski definition) is 1. The molecule has 1 rings (SSSR count). The maximum Gasteiger partial charge on any atom is 0.0785 e. The molecule has 1 nitrogen and oxygen atoms in total. The Morgan fingerprint density at radius 3 is 2.20 bits per heavy atom. The predicted molar refractivity (Wildman–Crippen MR) is 48.4 cm³/mol. The van der Waals surface area contributed by atoms with E-state index < -0.39 is 0 Å². The van der Waals surface area contributed by atoms with Crippen molar-refractivity contribution in [3.8, 4) is 0 Å². The molecular formula is C8H18NS+. The van der Waals surface area contributed by atoms with Gasteiger partial charge in [-0.15, -0.1) is 0 Å². The van der Waals surface area contributed by atoms with E-state index in [9.17, 15) is 0 Å². The molecule has 0 spiro atoms. The summed E-state index contributed by atoms with van der Waals surface area (Å²) in [6.07, 6.45) is 2.74. The molecule has 0 aromatic carbocycles. The van der Waals surface area contributed by atoms with Crippen molar-refractivity contribution >= 4 is 12.6 Å². The van der Waals surface area contributed by atoms with Crippen molar-refractivity contribution in [1.29, 1.82) is 0 Å². The molecule has 0 amide bonds. The van der Waals surface area contributed by atoms with E-state index in [1.807, 2.05) is 0 Å². The maximum atomic E-state index is 4.31. The Bertz CT molecular complexity index is 102. The second kappa shape index (κ2) is 3.14. The average molecular weight is 160 g/mol. The fourth-order valence-corrected chi connectivity index (χ4v) is 1.87. The maximum absolute atomic E-state index is 4.31. The molecule has 0 N–H and O–H groups in total. The summed E-state index contributed by atoms with van der Waals surface area (Å²) >= 11 is 4.31. The van der Waals surface area contributed by atoms with Gasteiger partial charge in [0.25, 0.3) is 0 Å². The van der Waals surface area contributed by atoms with Gasteiger partial charge in [-0.2, -0.15) is 12.6 Å². The summed E-state index contributed by atoms with van der Waals surface area (Å²) in [4.78, 5) is 0. The van der Waals surface area contributed by atoms with Crippen LogP contribution >= 0.6 is 12.6 Å². The molecule has 1 aliphatic heterocycles. The van der Waals surface area contributed by atoms with Crippen LogP contribution in [0, 0.1) is 5.92 Å². The Balaban J connectivity index is 2.31. The number of rotatable bonds is 1. The van der Waals surface area contributed by atoms with Gasteiger partial charge in [0.15, 0.2) is 0 Å². The normalized spacial score (nSPS) is 26.7. The minimum absolute atomic E-state index is 0.898. The molecule has 10 heavy (non-hydrogen) atoms. The van der Waals surface area contributed by atoms with Crippen LogP contribution in [0.25, 0.3) is 0 Å². The van der Waals surface area contributed by atoms with Crippen molar-refractivity contribution in [3.63, 3.8) is 0 Å². The Morgan fingerprint density at radius 1 is 1.30 bits per heavy atom. The first-order chi connectivity index (χ1) is 4.64. The molecule has 0 saturated carbocycles. The number of thiol groups is 1. The highest BCUT2D eigenvalue weighted by Crippen LogP contribution is 2.20. The SMILES string of the molecule is C[N+]1(C)CCC(CS)CC1. The van der Waals surface area contributed by atoms with Crippen LogP contribution in [0.2, 0.25) is 0 Å². The van der Waals surface area contributed by atoms with Gasteiger partial charge in [0.05, 0.1) is 27.2 Å². The molecule has 0 bridgehead atoms. The Labute approximate surface area is 69.4 Å². The van der Waals surface area contributed by atoms with E-state index in [4.69, 9.17) is 0 Å². The van der Waals surface area contributed by atoms with Crippen molar-refractivity contribution in [2.45, 2.75) is 12.8 Å². The van der Waals surface area contributed by atoms with Gasteiger partial charge in [-0.05, 0) is 11.7 Å². The van der Waals surface area contributed by atoms with E-state index in [1.54, 1.807) is 0 Å². The van der Waals surface area contributed by atoms with Gasteiger partial charge in [-0.3, -0.25) is 0 Å². The summed E-state index contributed by atoms with van der Waals surface area (Å²) in [5, 5.41) is 0. The number of piperidine rings is 1. The van der Waals surface area contributed by atoms with Crippen molar-refractivity contribution in [2.75, 3.05) is 32.9 Å². The molecule has 1 heterocycles. The third kappa shape index (κ3) is 2.17. The number of hydrogen-bond acceptors (Lipinski definition) is 1. The minimum atomic E-state index is 0.898. The average Bonchev–Trinajstić information content (AvgIpc) is 1.88. The fraction of sp³-hybridized carbons (Fsp3) is 1.00. The number of likely N-dealkylation sites (tertiary alicyclic amines) is 1. The minimum Gasteiger partial charge on any atom is -0.328 e. The fourth-order valence-electron chi connectivity index (χ4n) is 1.50. The van der Waals surface area contributed by atoms with Crippen LogP contribution in [0.3, 0.4) is 0 Å². The molecule has 0 aliphatic carbocycles. The zero-order chi connectivity index (χ0) is 7.61. The van der Waals surface area contributed by atoms with Crippen LogP contribution in [0.1, 0.15) is 12.8 Å². The van der Waals surface area contributed by atoms with Gasteiger partial charge in [0, 0.05) is 12.8 Å². The van der Waals surface area contributed by atoms with Gasteiger partial charge in [-0.1, -0.05) is 0 Å². The van der Waals surface area contributed by atoms with Crippen LogP contribution in [-0.4, -0.2) is 37.4 Å². The van der Waals surface area contributed by atoms with E-state index in [0.717, 1.165) is 11.7 Å². The van der Waals surface area contributed by atoms with Crippen LogP contribution in [0.5, 0.6) is 0 Å². The zero-order valence-electron chi connectivity index (χ0n) is 7.01. The van der Waals surface area contributed by atoms with Gasteiger partial charge < -0.3 is 4.48 Å². The van der Waals surface area contributed by atoms with Crippen molar-refractivity contribution in [1.82, 2.24) is 0 Å². The molecule has 1 saturated heterocycles. The molecule has 0 aromatic heterocycles. The molecule has 0 aromatic rings. The predicted octanol–water partition coefficient (Wildman–Crippen LogP) is 1.40. The molecule has 1 aliphatic rings. The van der Waals surface area contributed by atoms with Crippen molar-refractivity contribution in [3.05, 3.63) is 0 Å². The second-order valence-electron chi connectivity index (χ2n) is 4.01. The molecule has 0 atom stereocenters. The van der Waals surface area contributed by atoms with E-state index >= 15 is 0 Å². The third-order valence-corrected chi connectivity index (χ3v) is 3.06. The summed E-state index contributed by atoms with van der Waals surface area (Å²) in [7, 11) is 4.63. The molecule has 60 valence electrons. The van der Waals surface area contributed by atoms with E-state index in [0.29, 0.717) is 0 Å². The Hall–Kier alpha value is 0.310. The van der Waals surface area contributed by atoms with Crippen LogP contribution in [0.4, 0.5) is 0 Å². The number of quaternary nitrogens is 1. The van der Waals surface area contributed by atoms with E-state index in [-0.39, 0.29) is 0 Å². The molecule has 2 heteroatoms. The lowest BCUT2D eigenvalue weighted by Gasteiger charge is -2.36. The Kier molecular flexibility index (Phi) is 2.64. The number of nitrogens with zero attached hydrogens (tertiary/aromatic N) is 1. The van der Waals surface area contributed by atoms with Gasteiger partial charge in [0.2, 0.25) is 0 Å². The monoisotopic (exact) mass is 160 g/mol. The standard InChI is InChI=1S/C8H17NS/c1-9(2)5-3-8(7-10)4-6-9/h8H,3-7H2,1-2H3/p+1. The van der Waals surface area contributed by atoms with Crippen LogP contribution in [0.15, 0.2) is 0 Å². The topological polar surface area (TPSA) is 0 Å². The van der Waals surface area contributed by atoms with Crippen LogP contribution < -0.4 is 0 Å². The van der Waals surface area contributed by atoms with Gasteiger partial charge >= 0.3 is 0 Å². The smallest absolute Gasteiger partial charge is 0.0785 e. The molecule has 0 unspecified atom stereocenters. The highest BCUT2D eigenvalue weighted by Gasteiger charge is 2.24. The van der Waals surface area contributed by atoms with E-state index in [1.165, 1.54) is 30.4 Å².